The van der Waals surface area contributed by atoms with Gasteiger partial charge in [0, 0.05) is 73.6 Å². The lowest BCUT2D eigenvalue weighted by Gasteiger charge is -2.41. The fraction of sp³-hybridized carbons (Fsp3) is 0.314. The molecule has 1 atom stereocenters. The summed E-state index contributed by atoms with van der Waals surface area (Å²) in [5, 5.41) is 11.8. The van der Waals surface area contributed by atoms with Crippen molar-refractivity contribution in [2.75, 3.05) is 40.3 Å². The zero-order chi connectivity index (χ0) is 36.4. The van der Waals surface area contributed by atoms with Crippen molar-refractivity contribution in [3.8, 4) is 0 Å². The Morgan fingerprint density at radius 1 is 0.940 bits per heavy atom. The van der Waals surface area contributed by atoms with Crippen molar-refractivity contribution < 1.29 is 40.9 Å². The number of hydrogen-bond donors (Lipinski definition) is 0. The minimum Gasteiger partial charge on any atom is -0.346 e. The summed E-state index contributed by atoms with van der Waals surface area (Å²) in [6.07, 6.45) is -5.46. The molecule has 4 aromatic rings. The SMILES string of the molecule is CN(C)CCn1cc(C[C@@H]2CN(C(=O)/C=C/c3ccc([N+](=O)[O-])cc3)CCN2C(=O)c2cc(C(F)(F)F)cc(C(F)(F)F)c2)c2ccccc21. The van der Waals surface area contributed by atoms with Gasteiger partial charge in [0.1, 0.15) is 0 Å². The number of alkyl halides is 6. The topological polar surface area (TPSA) is 91.9 Å². The van der Waals surface area contributed by atoms with E-state index in [0.717, 1.165) is 16.5 Å². The number of carbonyl (C=O) groups is 2. The molecule has 1 fully saturated rings. The summed E-state index contributed by atoms with van der Waals surface area (Å²) >= 11 is 0. The fourth-order valence-corrected chi connectivity index (χ4v) is 5.95. The van der Waals surface area contributed by atoms with Crippen LogP contribution in [0.1, 0.15) is 32.6 Å². The van der Waals surface area contributed by atoms with Crippen LogP contribution in [0.3, 0.4) is 0 Å². The minimum atomic E-state index is -5.13. The predicted molar refractivity (Wildman–Crippen MR) is 174 cm³/mol. The quantitative estimate of drug-likeness (QED) is 0.0833. The lowest BCUT2D eigenvalue weighted by atomic mass is 9.98. The van der Waals surface area contributed by atoms with Crippen LogP contribution in [0.4, 0.5) is 32.0 Å². The average molecular weight is 702 g/mol. The van der Waals surface area contributed by atoms with Gasteiger partial charge in [0.15, 0.2) is 0 Å². The van der Waals surface area contributed by atoms with Gasteiger partial charge in [-0.15, -0.1) is 0 Å². The van der Waals surface area contributed by atoms with Gasteiger partial charge in [-0.05, 0) is 74.1 Å². The normalized spacial score (nSPS) is 15.7. The first kappa shape index (κ1) is 36.1. The number of para-hydroxylation sites is 1. The van der Waals surface area contributed by atoms with E-state index < -0.39 is 51.8 Å². The summed E-state index contributed by atoms with van der Waals surface area (Å²) in [6, 6.07) is 13.1. The molecule has 1 aliphatic heterocycles. The molecular weight excluding hydrogens is 668 g/mol. The van der Waals surface area contributed by atoms with E-state index in [0.29, 0.717) is 30.8 Å². The standard InChI is InChI=1S/C35H33F6N5O4/c1-42(2)13-14-43-21-25(30-5-3-4-6-31(30)43)19-29-22-44(32(47)12-9-23-7-10-28(11-8-23)46(49)50)15-16-45(29)33(48)24-17-26(34(36,37)38)20-27(18-24)35(39,40)41/h3-12,17-18,20-21,29H,13-16,19,22H2,1-2H3/b12-9+/t29-/m1/s1. The number of nitro groups is 1. The van der Waals surface area contributed by atoms with Crippen LogP contribution >= 0.6 is 0 Å². The smallest absolute Gasteiger partial charge is 0.346 e. The van der Waals surface area contributed by atoms with E-state index in [-0.39, 0.29) is 37.8 Å². The number of nitrogens with zero attached hydrogens (tertiary/aromatic N) is 5. The molecule has 50 heavy (non-hydrogen) atoms. The van der Waals surface area contributed by atoms with E-state index >= 15 is 0 Å². The molecule has 0 spiro atoms. The van der Waals surface area contributed by atoms with Gasteiger partial charge in [-0.3, -0.25) is 19.7 Å². The Kier molecular flexibility index (Phi) is 10.4. The average Bonchev–Trinajstić information content (AvgIpc) is 3.42. The second-order valence-corrected chi connectivity index (χ2v) is 12.3. The lowest BCUT2D eigenvalue weighted by Crippen LogP contribution is -2.57. The van der Waals surface area contributed by atoms with Gasteiger partial charge >= 0.3 is 12.4 Å². The minimum absolute atomic E-state index is 0.0231. The number of hydrogen-bond acceptors (Lipinski definition) is 5. The molecule has 1 saturated heterocycles. The number of carbonyl (C=O) groups excluding carboxylic acids is 2. The van der Waals surface area contributed by atoms with Gasteiger partial charge < -0.3 is 19.3 Å². The summed E-state index contributed by atoms with van der Waals surface area (Å²) in [4.78, 5) is 42.3. The number of piperazine rings is 1. The highest BCUT2D eigenvalue weighted by atomic mass is 19.4. The molecule has 3 aromatic carbocycles. The van der Waals surface area contributed by atoms with Crippen molar-refractivity contribution in [3.05, 3.63) is 117 Å². The molecule has 0 bridgehead atoms. The fourth-order valence-electron chi connectivity index (χ4n) is 5.95. The van der Waals surface area contributed by atoms with Gasteiger partial charge in [-0.1, -0.05) is 18.2 Å². The third-order valence-electron chi connectivity index (χ3n) is 8.53. The van der Waals surface area contributed by atoms with Crippen LogP contribution in [0.2, 0.25) is 0 Å². The van der Waals surface area contributed by atoms with E-state index in [2.05, 4.69) is 0 Å². The van der Waals surface area contributed by atoms with Crippen molar-refractivity contribution in [3.63, 3.8) is 0 Å². The van der Waals surface area contributed by atoms with Crippen LogP contribution in [0.15, 0.2) is 79.0 Å². The predicted octanol–water partition coefficient (Wildman–Crippen LogP) is 6.76. The monoisotopic (exact) mass is 701 g/mol. The maximum atomic E-state index is 13.9. The first-order valence-electron chi connectivity index (χ1n) is 15.5. The van der Waals surface area contributed by atoms with Gasteiger partial charge in [0.2, 0.25) is 5.91 Å². The zero-order valence-electron chi connectivity index (χ0n) is 27.0. The number of amides is 2. The zero-order valence-corrected chi connectivity index (χ0v) is 27.0. The number of benzene rings is 3. The molecular formula is C35H33F6N5O4. The van der Waals surface area contributed by atoms with E-state index in [9.17, 15) is 46.0 Å². The van der Waals surface area contributed by atoms with Crippen molar-refractivity contribution in [2.24, 2.45) is 0 Å². The number of rotatable bonds is 9. The third-order valence-corrected chi connectivity index (χ3v) is 8.53. The Morgan fingerprint density at radius 3 is 2.18 bits per heavy atom. The van der Waals surface area contributed by atoms with E-state index in [1.165, 1.54) is 46.2 Å². The summed E-state index contributed by atoms with van der Waals surface area (Å²) in [5.74, 6) is -1.47. The maximum absolute atomic E-state index is 13.9. The highest BCUT2D eigenvalue weighted by molar-refractivity contribution is 5.96. The Morgan fingerprint density at radius 2 is 1.58 bits per heavy atom. The largest absolute Gasteiger partial charge is 0.416 e. The number of halogens is 6. The molecule has 0 saturated carbocycles. The number of likely N-dealkylation sites (N-methyl/N-ethyl adjacent to an activating group) is 1. The number of non-ortho nitro benzene ring substituents is 1. The van der Waals surface area contributed by atoms with Crippen LogP contribution < -0.4 is 0 Å². The van der Waals surface area contributed by atoms with Crippen LogP contribution in [-0.4, -0.2) is 82.3 Å². The number of nitro benzene ring substituents is 1. The van der Waals surface area contributed by atoms with E-state index in [1.54, 1.807) is 0 Å². The molecule has 0 aliphatic carbocycles. The third kappa shape index (κ3) is 8.33. The summed E-state index contributed by atoms with van der Waals surface area (Å²) in [6.45, 7) is 1.09. The first-order valence-corrected chi connectivity index (χ1v) is 15.5. The Labute approximate surface area is 283 Å². The van der Waals surface area contributed by atoms with Gasteiger partial charge in [-0.25, -0.2) is 0 Å². The summed E-state index contributed by atoms with van der Waals surface area (Å²) < 4.78 is 84.1. The van der Waals surface area contributed by atoms with Gasteiger partial charge in [0.25, 0.3) is 11.6 Å². The Balaban J connectivity index is 1.49. The molecule has 0 unspecified atom stereocenters. The van der Waals surface area contributed by atoms with Crippen molar-refractivity contribution in [1.29, 1.82) is 0 Å². The van der Waals surface area contributed by atoms with E-state index in [4.69, 9.17) is 0 Å². The van der Waals surface area contributed by atoms with Gasteiger partial charge in [-0.2, -0.15) is 26.3 Å². The lowest BCUT2D eigenvalue weighted by molar-refractivity contribution is -0.384. The molecule has 2 amide bonds. The van der Waals surface area contributed by atoms with Crippen LogP contribution in [0.5, 0.6) is 0 Å². The Bertz CT molecular complexity index is 1890. The second kappa shape index (κ2) is 14.4. The first-order chi connectivity index (χ1) is 23.5. The van der Waals surface area contributed by atoms with Crippen molar-refractivity contribution in [2.45, 2.75) is 31.4 Å². The maximum Gasteiger partial charge on any atom is 0.416 e. The highest BCUT2D eigenvalue weighted by Gasteiger charge is 2.39. The highest BCUT2D eigenvalue weighted by Crippen LogP contribution is 2.37. The second-order valence-electron chi connectivity index (χ2n) is 12.3. The number of fused-ring (bicyclic) bond motifs is 1. The summed E-state index contributed by atoms with van der Waals surface area (Å²) in [5.41, 5.74) is -1.86. The Hall–Kier alpha value is -5.18. The summed E-state index contributed by atoms with van der Waals surface area (Å²) in [7, 11) is 3.86. The van der Waals surface area contributed by atoms with Crippen LogP contribution in [-0.2, 0) is 30.1 Å². The molecule has 0 radical (unpaired) electrons. The van der Waals surface area contributed by atoms with Gasteiger partial charge in [0.05, 0.1) is 22.1 Å². The molecule has 1 aliphatic rings. The molecule has 264 valence electrons. The molecule has 9 nitrogen and oxygen atoms in total. The van der Waals surface area contributed by atoms with E-state index in [1.807, 2.05) is 54.0 Å². The molecule has 2 heterocycles. The van der Waals surface area contributed by atoms with Crippen LogP contribution in [0.25, 0.3) is 17.0 Å². The van der Waals surface area contributed by atoms with Crippen molar-refractivity contribution >= 4 is 34.5 Å². The number of aromatic nitrogens is 1. The molecule has 15 heteroatoms. The molecule has 1 aromatic heterocycles. The molecule has 5 rings (SSSR count). The molecule has 0 N–H and O–H groups in total. The van der Waals surface area contributed by atoms with Crippen LogP contribution in [0, 0.1) is 10.1 Å². The van der Waals surface area contributed by atoms with Crippen molar-refractivity contribution in [1.82, 2.24) is 19.3 Å².